The van der Waals surface area contributed by atoms with E-state index in [-0.39, 0.29) is 24.5 Å². The first kappa shape index (κ1) is 38.2. The molecule has 4 rings (SSSR count). The van der Waals surface area contributed by atoms with Crippen LogP contribution in [-0.2, 0) is 14.3 Å². The Hall–Kier alpha value is -2.29. The predicted molar refractivity (Wildman–Crippen MR) is 186 cm³/mol. The van der Waals surface area contributed by atoms with E-state index in [0.29, 0.717) is 40.0 Å². The first-order valence-electron chi connectivity index (χ1n) is 16.8. The molecule has 46 heavy (non-hydrogen) atoms. The molecule has 0 radical (unpaired) electrons. The molecule has 1 saturated heterocycles. The number of rotatable bonds is 11. The molecule has 1 heterocycles. The monoisotopic (exact) mass is 676 g/mol. The summed E-state index contributed by atoms with van der Waals surface area (Å²) < 4.78 is 4.80. The summed E-state index contributed by atoms with van der Waals surface area (Å²) in [4.78, 5) is 28.5. The van der Waals surface area contributed by atoms with Gasteiger partial charge in [-0.05, 0) is 147 Å². The van der Waals surface area contributed by atoms with Crippen LogP contribution in [0.4, 0.5) is 5.69 Å². The second kappa shape index (κ2) is 17.2. The van der Waals surface area contributed by atoms with Crippen molar-refractivity contribution in [2.45, 2.75) is 128 Å². The van der Waals surface area contributed by atoms with Crippen LogP contribution in [0.1, 0.15) is 110 Å². The minimum Gasteiger partial charge on any atom is -0.468 e. The van der Waals surface area contributed by atoms with Gasteiger partial charge in [-0.3, -0.25) is 19.8 Å². The predicted octanol–water partition coefficient (Wildman–Crippen LogP) is 6.11. The molecule has 0 unspecified atom stereocenters. The van der Waals surface area contributed by atoms with E-state index in [0.717, 1.165) is 70.1 Å². The molecular formula is C35H53ClN4O5S. The molecular weight excluding hydrogens is 624 g/mol. The maximum atomic E-state index is 13.2. The number of anilines is 1. The number of esters is 1. The third-order valence-electron chi connectivity index (χ3n) is 9.89. The molecule has 0 atom stereocenters. The topological polar surface area (TPSA) is 126 Å². The second-order valence-corrected chi connectivity index (χ2v) is 14.8. The zero-order valence-corrected chi connectivity index (χ0v) is 29.8. The van der Waals surface area contributed by atoms with E-state index < -0.39 is 11.1 Å². The van der Waals surface area contributed by atoms with E-state index >= 15 is 0 Å². The number of hydrogen-bond acceptors (Lipinski definition) is 8. The van der Waals surface area contributed by atoms with Gasteiger partial charge in [0.25, 0.3) is 5.91 Å². The van der Waals surface area contributed by atoms with E-state index in [2.05, 4.69) is 10.2 Å². The number of amides is 1. The molecule has 0 bridgehead atoms. The quantitative estimate of drug-likeness (QED) is 0.188. The Morgan fingerprint density at radius 1 is 1.07 bits per heavy atom. The van der Waals surface area contributed by atoms with Crippen molar-refractivity contribution in [3.63, 3.8) is 0 Å². The highest BCUT2D eigenvalue weighted by Gasteiger charge is 2.52. The van der Waals surface area contributed by atoms with Crippen molar-refractivity contribution in [3.05, 3.63) is 28.8 Å². The molecule has 2 aliphatic carbocycles. The third-order valence-corrected chi connectivity index (χ3v) is 10.6. The summed E-state index contributed by atoms with van der Waals surface area (Å²) in [7, 11) is 1.43. The van der Waals surface area contributed by atoms with E-state index in [1.165, 1.54) is 20.0 Å². The van der Waals surface area contributed by atoms with Gasteiger partial charge in [0.05, 0.1) is 23.4 Å². The minimum atomic E-state index is -0.722. The van der Waals surface area contributed by atoms with Crippen molar-refractivity contribution in [1.29, 1.82) is 5.26 Å². The van der Waals surface area contributed by atoms with Crippen LogP contribution in [0.15, 0.2) is 18.2 Å². The fourth-order valence-electron chi connectivity index (χ4n) is 7.26. The van der Waals surface area contributed by atoms with E-state index in [1.54, 1.807) is 23.1 Å². The largest absolute Gasteiger partial charge is 0.468 e. The highest BCUT2D eigenvalue weighted by Crippen LogP contribution is 2.40. The first-order chi connectivity index (χ1) is 21.8. The van der Waals surface area contributed by atoms with Crippen molar-refractivity contribution in [1.82, 2.24) is 10.2 Å². The lowest BCUT2D eigenvalue weighted by atomic mass is 9.82. The third kappa shape index (κ3) is 9.41. The van der Waals surface area contributed by atoms with Crippen LogP contribution in [0.25, 0.3) is 0 Å². The Kier molecular flexibility index (Phi) is 14.3. The van der Waals surface area contributed by atoms with Crippen molar-refractivity contribution in [2.75, 3.05) is 25.2 Å². The molecule has 3 N–H and O–H groups in total. The summed E-state index contributed by atoms with van der Waals surface area (Å²) in [5.41, 5.74) is -0.344. The van der Waals surface area contributed by atoms with Crippen LogP contribution in [0, 0.1) is 23.2 Å². The molecule has 9 nitrogen and oxygen atoms in total. The molecule has 1 aromatic carbocycles. The van der Waals surface area contributed by atoms with Crippen LogP contribution in [0.5, 0.6) is 0 Å². The number of ether oxygens (including phenoxy) is 1. The van der Waals surface area contributed by atoms with E-state index in [4.69, 9.17) is 44.0 Å². The Bertz CT molecular complexity index is 1240. The van der Waals surface area contributed by atoms with Crippen molar-refractivity contribution < 1.29 is 24.5 Å². The molecule has 1 aliphatic heterocycles. The number of thiocarbonyl (C=S) groups is 1. The van der Waals surface area contributed by atoms with Crippen LogP contribution < -0.4 is 10.2 Å². The number of nitrogens with one attached hydrogen (secondary N) is 1. The Balaban J connectivity index is 0.000000277. The van der Waals surface area contributed by atoms with Crippen molar-refractivity contribution in [3.8, 4) is 6.07 Å². The summed E-state index contributed by atoms with van der Waals surface area (Å²) in [6, 6.07) is 7.65. The van der Waals surface area contributed by atoms with Gasteiger partial charge in [0.2, 0.25) is 0 Å². The van der Waals surface area contributed by atoms with Gasteiger partial charge in [-0.15, -0.1) is 0 Å². The van der Waals surface area contributed by atoms with Crippen molar-refractivity contribution >= 4 is 46.5 Å². The molecule has 1 amide bonds. The maximum Gasteiger partial charge on any atom is 0.325 e. The standard InChI is InChI=1S/C21H26ClN3O2S.C14H27NO3/c1-21(2)19(27)24(17-10-7-15(13-23)18(22)12-17)20(28)25(21)16-8-5-14(6-9-16)4-3-11-26;1-14(2,13(17)18-3)15-12-8-6-11(7-9-12)5-4-10-16/h7,10,12,14,16,26H,3-6,8-9,11H2,1-2H3;11-12,15-16H,4-10H2,1-3H3. The number of methoxy groups -OCH3 is 1. The number of nitrogens with zero attached hydrogens (tertiary/aromatic N) is 3. The average Bonchev–Trinajstić information content (AvgIpc) is 3.21. The van der Waals surface area contributed by atoms with Crippen LogP contribution in [-0.4, -0.2) is 75.6 Å². The van der Waals surface area contributed by atoms with Crippen molar-refractivity contribution in [2.24, 2.45) is 11.8 Å². The summed E-state index contributed by atoms with van der Waals surface area (Å²) in [6.45, 7) is 8.14. The van der Waals surface area contributed by atoms with Gasteiger partial charge in [-0.25, -0.2) is 0 Å². The Morgan fingerprint density at radius 2 is 1.61 bits per heavy atom. The number of aliphatic hydroxyl groups is 2. The van der Waals surface area contributed by atoms with Crippen LogP contribution in [0.3, 0.4) is 0 Å². The molecule has 256 valence electrons. The number of carbonyl (C=O) groups excluding carboxylic acids is 2. The molecule has 11 heteroatoms. The lowest BCUT2D eigenvalue weighted by Gasteiger charge is -2.41. The number of benzene rings is 1. The lowest BCUT2D eigenvalue weighted by molar-refractivity contribution is -0.147. The van der Waals surface area contributed by atoms with E-state index in [1.807, 2.05) is 33.8 Å². The molecule has 1 aromatic rings. The highest BCUT2D eigenvalue weighted by molar-refractivity contribution is 7.80. The summed E-state index contributed by atoms with van der Waals surface area (Å²) in [5.74, 6) is 1.12. The van der Waals surface area contributed by atoms with Gasteiger partial charge in [-0.1, -0.05) is 11.6 Å². The zero-order chi connectivity index (χ0) is 34.1. The van der Waals surface area contributed by atoms with Gasteiger partial charge >= 0.3 is 5.97 Å². The Morgan fingerprint density at radius 3 is 2.09 bits per heavy atom. The van der Waals surface area contributed by atoms with Gasteiger partial charge in [0, 0.05) is 25.3 Å². The summed E-state index contributed by atoms with van der Waals surface area (Å²) in [5, 5.41) is 31.2. The number of halogens is 1. The van der Waals surface area contributed by atoms with Gasteiger partial charge in [0.15, 0.2) is 5.11 Å². The number of hydrogen-bond donors (Lipinski definition) is 3. The molecule has 2 saturated carbocycles. The molecule has 3 fully saturated rings. The molecule has 0 aromatic heterocycles. The van der Waals surface area contributed by atoms with Crippen LogP contribution in [0.2, 0.25) is 5.02 Å². The summed E-state index contributed by atoms with van der Waals surface area (Å²) in [6.07, 6.45) is 12.7. The number of aliphatic hydroxyl groups excluding tert-OH is 2. The van der Waals surface area contributed by atoms with Gasteiger partial charge < -0.3 is 19.8 Å². The second-order valence-electron chi connectivity index (χ2n) is 14.0. The first-order valence-corrected chi connectivity index (χ1v) is 17.5. The number of carbonyl (C=O) groups is 2. The zero-order valence-electron chi connectivity index (χ0n) is 28.2. The number of nitriles is 1. The fraction of sp³-hybridized carbons (Fsp3) is 0.714. The highest BCUT2D eigenvalue weighted by atomic mass is 35.5. The minimum absolute atomic E-state index is 0.0688. The normalized spacial score (nSPS) is 24.7. The molecule has 3 aliphatic rings. The maximum absolute atomic E-state index is 13.2. The van der Waals surface area contributed by atoms with E-state index in [9.17, 15) is 9.59 Å². The smallest absolute Gasteiger partial charge is 0.325 e. The lowest BCUT2D eigenvalue weighted by Crippen LogP contribution is -2.52. The van der Waals surface area contributed by atoms with Gasteiger partial charge in [-0.2, -0.15) is 5.26 Å². The Labute approximate surface area is 285 Å². The SMILES string of the molecule is CC1(C)C(=O)N(c2ccc(C#N)c(Cl)c2)C(=S)N1C1CCC(CCCO)CC1.COC(=O)C(C)(C)NC1CCC(CCCO)CC1. The van der Waals surface area contributed by atoms with Crippen LogP contribution >= 0.6 is 23.8 Å². The average molecular weight is 677 g/mol. The fourth-order valence-corrected chi connectivity index (χ4v) is 8.04. The summed E-state index contributed by atoms with van der Waals surface area (Å²) >= 11 is 11.9. The van der Waals surface area contributed by atoms with Gasteiger partial charge in [0.1, 0.15) is 17.1 Å². The molecule has 0 spiro atoms.